The Hall–Kier alpha value is -1.75. The maximum Gasteiger partial charge on any atom is 0.268 e. The Labute approximate surface area is 125 Å². The van der Waals surface area contributed by atoms with Crippen molar-refractivity contribution in [3.8, 4) is 5.75 Å². The predicted octanol–water partition coefficient (Wildman–Crippen LogP) is 1.87. The van der Waals surface area contributed by atoms with E-state index in [0.717, 1.165) is 31.1 Å². The second-order valence-electron chi connectivity index (χ2n) is 5.75. The zero-order valence-corrected chi connectivity index (χ0v) is 12.5. The minimum absolute atomic E-state index is 0.0297. The number of carbonyl (C=O) groups excluding carboxylic acids is 1. The van der Waals surface area contributed by atoms with Crippen LogP contribution in [0.15, 0.2) is 18.2 Å². The third-order valence-corrected chi connectivity index (χ3v) is 4.32. The molecule has 1 aromatic rings. The number of anilines is 2. The Morgan fingerprint density at radius 2 is 2.05 bits per heavy atom. The summed E-state index contributed by atoms with van der Waals surface area (Å²) in [4.78, 5) is 16.8. The van der Waals surface area contributed by atoms with Crippen LogP contribution in [0.25, 0.3) is 0 Å². The third kappa shape index (κ3) is 2.70. The van der Waals surface area contributed by atoms with Crippen LogP contribution in [-0.4, -0.2) is 43.1 Å². The standard InChI is InChI=1S/C16H23N3O2/c1-2-13-16(20)19(11-10-18-8-3-4-9-18)15-12(17)6-5-7-14(15)21-13/h5-7,13H,2-4,8-11,17H2,1H3. The molecule has 0 aromatic heterocycles. The van der Waals surface area contributed by atoms with Crippen molar-refractivity contribution in [1.82, 2.24) is 4.90 Å². The van der Waals surface area contributed by atoms with Crippen molar-refractivity contribution < 1.29 is 9.53 Å². The van der Waals surface area contributed by atoms with E-state index in [4.69, 9.17) is 10.5 Å². The van der Waals surface area contributed by atoms with Crippen LogP contribution < -0.4 is 15.4 Å². The van der Waals surface area contributed by atoms with Gasteiger partial charge in [0.25, 0.3) is 5.91 Å². The molecular weight excluding hydrogens is 266 g/mol. The van der Waals surface area contributed by atoms with Crippen LogP contribution in [0.3, 0.4) is 0 Å². The topological polar surface area (TPSA) is 58.8 Å². The lowest BCUT2D eigenvalue weighted by molar-refractivity contribution is -0.126. The number of nitrogens with zero attached hydrogens (tertiary/aromatic N) is 2. The lowest BCUT2D eigenvalue weighted by atomic mass is 10.1. The van der Waals surface area contributed by atoms with Gasteiger partial charge in [0.05, 0.1) is 5.69 Å². The summed E-state index contributed by atoms with van der Waals surface area (Å²) in [6.45, 7) is 5.81. The van der Waals surface area contributed by atoms with Gasteiger partial charge in [0.2, 0.25) is 0 Å². The van der Waals surface area contributed by atoms with Gasteiger partial charge in [-0.05, 0) is 44.5 Å². The molecule has 0 saturated carbocycles. The number of benzene rings is 1. The average Bonchev–Trinajstić information content (AvgIpc) is 2.99. The molecule has 2 aliphatic heterocycles. The summed E-state index contributed by atoms with van der Waals surface area (Å²) in [5, 5.41) is 0. The number of nitrogen functional groups attached to an aromatic ring is 1. The van der Waals surface area contributed by atoms with Gasteiger partial charge in [-0.3, -0.25) is 4.79 Å². The van der Waals surface area contributed by atoms with Gasteiger partial charge < -0.3 is 20.3 Å². The molecule has 1 amide bonds. The van der Waals surface area contributed by atoms with Crippen molar-refractivity contribution in [2.24, 2.45) is 0 Å². The first-order valence-electron chi connectivity index (χ1n) is 7.79. The zero-order chi connectivity index (χ0) is 14.8. The first-order valence-corrected chi connectivity index (χ1v) is 7.79. The van der Waals surface area contributed by atoms with Crippen LogP contribution in [0.5, 0.6) is 5.75 Å². The van der Waals surface area contributed by atoms with Gasteiger partial charge >= 0.3 is 0 Å². The molecule has 3 rings (SSSR count). The molecule has 1 aromatic carbocycles. The van der Waals surface area contributed by atoms with Crippen molar-refractivity contribution in [3.63, 3.8) is 0 Å². The van der Waals surface area contributed by atoms with E-state index < -0.39 is 6.10 Å². The maximum atomic E-state index is 12.6. The number of ether oxygens (including phenoxy) is 1. The molecule has 5 heteroatoms. The van der Waals surface area contributed by atoms with Gasteiger partial charge in [-0.1, -0.05) is 13.0 Å². The Balaban J connectivity index is 1.83. The quantitative estimate of drug-likeness (QED) is 0.860. The summed E-state index contributed by atoms with van der Waals surface area (Å²) in [6.07, 6.45) is 2.80. The second-order valence-corrected chi connectivity index (χ2v) is 5.75. The van der Waals surface area contributed by atoms with Crippen LogP contribution in [0.1, 0.15) is 26.2 Å². The van der Waals surface area contributed by atoms with Crippen molar-refractivity contribution in [2.75, 3.05) is 36.8 Å². The molecular formula is C16H23N3O2. The lowest BCUT2D eigenvalue weighted by Gasteiger charge is -2.35. The smallest absolute Gasteiger partial charge is 0.268 e. The minimum Gasteiger partial charge on any atom is -0.478 e. The SMILES string of the molecule is CCC1Oc2cccc(N)c2N(CCN2CCCC2)C1=O. The predicted molar refractivity (Wildman–Crippen MR) is 83.6 cm³/mol. The van der Waals surface area contributed by atoms with Crippen molar-refractivity contribution in [2.45, 2.75) is 32.3 Å². The highest BCUT2D eigenvalue weighted by Gasteiger charge is 2.34. The number of amides is 1. The van der Waals surface area contributed by atoms with Crippen LogP contribution in [0, 0.1) is 0 Å². The highest BCUT2D eigenvalue weighted by molar-refractivity contribution is 6.03. The number of nitrogens with two attached hydrogens (primary N) is 1. The van der Waals surface area contributed by atoms with Gasteiger partial charge in [0, 0.05) is 13.1 Å². The summed E-state index contributed by atoms with van der Waals surface area (Å²) in [7, 11) is 0. The van der Waals surface area contributed by atoms with Gasteiger partial charge in [0.15, 0.2) is 6.10 Å². The number of hydrogen-bond donors (Lipinski definition) is 1. The number of likely N-dealkylation sites (tertiary alicyclic amines) is 1. The molecule has 2 aliphatic rings. The molecule has 1 atom stereocenters. The van der Waals surface area contributed by atoms with E-state index in [9.17, 15) is 4.79 Å². The van der Waals surface area contributed by atoms with Gasteiger partial charge in [-0.25, -0.2) is 0 Å². The van der Waals surface area contributed by atoms with Crippen LogP contribution in [0.4, 0.5) is 11.4 Å². The van der Waals surface area contributed by atoms with Crippen LogP contribution >= 0.6 is 0 Å². The first-order chi connectivity index (χ1) is 10.2. The maximum absolute atomic E-state index is 12.6. The number of para-hydroxylation sites is 1. The lowest BCUT2D eigenvalue weighted by Crippen LogP contribution is -2.48. The van der Waals surface area contributed by atoms with E-state index >= 15 is 0 Å². The van der Waals surface area contributed by atoms with E-state index in [1.54, 1.807) is 0 Å². The molecule has 1 saturated heterocycles. The number of fused-ring (bicyclic) bond motifs is 1. The van der Waals surface area contributed by atoms with E-state index in [2.05, 4.69) is 4.90 Å². The van der Waals surface area contributed by atoms with E-state index in [1.807, 2.05) is 30.0 Å². The number of hydrogen-bond acceptors (Lipinski definition) is 4. The first kappa shape index (κ1) is 14.2. The normalized spacial score (nSPS) is 22.2. The fourth-order valence-corrected chi connectivity index (χ4v) is 3.14. The van der Waals surface area contributed by atoms with Crippen molar-refractivity contribution >= 4 is 17.3 Å². The largest absolute Gasteiger partial charge is 0.478 e. The summed E-state index contributed by atoms with van der Waals surface area (Å²) in [6, 6.07) is 5.59. The van der Waals surface area contributed by atoms with E-state index in [-0.39, 0.29) is 5.91 Å². The minimum atomic E-state index is -0.391. The van der Waals surface area contributed by atoms with Crippen molar-refractivity contribution in [1.29, 1.82) is 0 Å². The second kappa shape index (κ2) is 5.93. The average molecular weight is 289 g/mol. The Bertz CT molecular complexity index is 526. The Morgan fingerprint density at radius 1 is 1.29 bits per heavy atom. The highest BCUT2D eigenvalue weighted by atomic mass is 16.5. The van der Waals surface area contributed by atoms with Crippen molar-refractivity contribution in [3.05, 3.63) is 18.2 Å². The highest BCUT2D eigenvalue weighted by Crippen LogP contribution is 2.39. The monoisotopic (exact) mass is 289 g/mol. The summed E-state index contributed by atoms with van der Waals surface area (Å²) < 4.78 is 5.79. The molecule has 21 heavy (non-hydrogen) atoms. The number of rotatable bonds is 4. The third-order valence-electron chi connectivity index (χ3n) is 4.32. The van der Waals surface area contributed by atoms with E-state index in [0.29, 0.717) is 18.7 Å². The molecule has 0 radical (unpaired) electrons. The fourth-order valence-electron chi connectivity index (χ4n) is 3.14. The molecule has 114 valence electrons. The summed E-state index contributed by atoms with van der Waals surface area (Å²) in [5.74, 6) is 0.755. The molecule has 1 fully saturated rings. The molecule has 5 nitrogen and oxygen atoms in total. The van der Waals surface area contributed by atoms with Gasteiger partial charge in [0.1, 0.15) is 11.4 Å². The Kier molecular flexibility index (Phi) is 4.01. The van der Waals surface area contributed by atoms with E-state index in [1.165, 1.54) is 12.8 Å². The van der Waals surface area contributed by atoms with Crippen LogP contribution in [0.2, 0.25) is 0 Å². The molecule has 2 N–H and O–H groups in total. The molecule has 0 aliphatic carbocycles. The summed E-state index contributed by atoms with van der Waals surface area (Å²) >= 11 is 0. The summed E-state index contributed by atoms with van der Waals surface area (Å²) in [5.41, 5.74) is 7.43. The molecule has 0 spiro atoms. The van der Waals surface area contributed by atoms with Gasteiger partial charge in [-0.15, -0.1) is 0 Å². The van der Waals surface area contributed by atoms with Gasteiger partial charge in [-0.2, -0.15) is 0 Å². The zero-order valence-electron chi connectivity index (χ0n) is 12.5. The Morgan fingerprint density at radius 3 is 2.76 bits per heavy atom. The molecule has 0 bridgehead atoms. The number of carbonyl (C=O) groups is 1. The van der Waals surface area contributed by atoms with Crippen LogP contribution in [-0.2, 0) is 4.79 Å². The fraction of sp³-hybridized carbons (Fsp3) is 0.562. The molecule has 1 unspecified atom stereocenters. The molecule has 2 heterocycles.